The van der Waals surface area contributed by atoms with Crippen LogP contribution < -0.4 is 15.5 Å². The summed E-state index contributed by atoms with van der Waals surface area (Å²) in [5.41, 5.74) is 8.31. The molecule has 2 aliphatic heterocycles. The van der Waals surface area contributed by atoms with Gasteiger partial charge in [0.25, 0.3) is 0 Å². The molecule has 0 atom stereocenters. The molecule has 1 fully saturated rings. The first-order chi connectivity index (χ1) is 15.4. The molecule has 0 amide bonds. The topological polar surface area (TPSA) is 66.7 Å². The van der Waals surface area contributed by atoms with E-state index in [4.69, 9.17) is 14.8 Å². The Hall–Kier alpha value is -2.64. The average Bonchev–Trinajstić information content (AvgIpc) is 3.09. The van der Waals surface area contributed by atoms with Gasteiger partial charge in [0.1, 0.15) is 0 Å². The number of anilines is 2. The molecule has 0 spiro atoms. The fourth-order valence-electron chi connectivity index (χ4n) is 4.74. The molecule has 2 aromatic heterocycles. The second-order valence-electron chi connectivity index (χ2n) is 9.93. The van der Waals surface area contributed by atoms with Gasteiger partial charge in [-0.05, 0) is 57.4 Å². The van der Waals surface area contributed by atoms with Gasteiger partial charge in [-0.1, -0.05) is 18.2 Å². The van der Waals surface area contributed by atoms with Crippen LogP contribution in [-0.4, -0.2) is 53.0 Å². The van der Waals surface area contributed by atoms with Gasteiger partial charge in [-0.3, -0.25) is 0 Å². The van der Waals surface area contributed by atoms with Gasteiger partial charge in [-0.15, -0.1) is 5.10 Å². The number of ether oxygens (including phenoxy) is 1. The molecule has 0 radical (unpaired) electrons. The lowest BCUT2D eigenvalue weighted by Gasteiger charge is -2.29. The fraction of sp³-hybridized carbons (Fsp3) is 0.520. The van der Waals surface area contributed by atoms with Crippen LogP contribution in [0.25, 0.3) is 5.65 Å². The molecule has 0 unspecified atom stereocenters. The number of imidazole rings is 1. The summed E-state index contributed by atoms with van der Waals surface area (Å²) in [5, 5.41) is 12.3. The van der Waals surface area contributed by atoms with Gasteiger partial charge in [-0.25, -0.2) is 9.50 Å². The van der Waals surface area contributed by atoms with Crippen LogP contribution in [0.15, 0.2) is 24.3 Å². The summed E-state index contributed by atoms with van der Waals surface area (Å²) in [4.78, 5) is 7.28. The van der Waals surface area contributed by atoms with Crippen molar-refractivity contribution in [1.82, 2.24) is 19.9 Å². The van der Waals surface area contributed by atoms with Crippen molar-refractivity contribution in [1.29, 1.82) is 0 Å². The molecule has 1 aromatic carbocycles. The third kappa shape index (κ3) is 4.19. The number of hydrogen-bond acceptors (Lipinski definition) is 6. The minimum absolute atomic E-state index is 0.0751. The predicted molar refractivity (Wildman–Crippen MR) is 129 cm³/mol. The van der Waals surface area contributed by atoms with Crippen molar-refractivity contribution in [3.8, 4) is 0 Å². The fourth-order valence-corrected chi connectivity index (χ4v) is 4.74. The first-order valence-corrected chi connectivity index (χ1v) is 11.7. The molecule has 3 aromatic rings. The number of fused-ring (bicyclic) bond motifs is 2. The summed E-state index contributed by atoms with van der Waals surface area (Å²) < 4.78 is 7.64. The smallest absolute Gasteiger partial charge is 0.177 e. The Kier molecular flexibility index (Phi) is 5.55. The highest BCUT2D eigenvalue weighted by atomic mass is 16.5. The molecule has 7 nitrogen and oxygen atoms in total. The maximum absolute atomic E-state index is 5.57. The zero-order valence-electron chi connectivity index (χ0n) is 19.7. The largest absolute Gasteiger partial charge is 0.378 e. The lowest BCUT2D eigenvalue weighted by Crippen LogP contribution is -2.37. The van der Waals surface area contributed by atoms with Crippen molar-refractivity contribution >= 4 is 17.2 Å². The second kappa shape index (κ2) is 8.37. The second-order valence-corrected chi connectivity index (χ2v) is 9.93. The molecular formula is C25H34N6O. The standard InChI is InChI=1S/C25H34N6O/c1-17-22(14-19-7-5-6-18-8-9-26-16-20(18)19)31-24(27-17)21(28-25(2,3)4)15-23(29-31)30-10-12-32-13-11-30/h5-7,15,26,28H,8-14,16H2,1-4H3. The van der Waals surface area contributed by atoms with E-state index in [0.29, 0.717) is 0 Å². The number of morpholine rings is 1. The number of aromatic nitrogens is 3. The lowest BCUT2D eigenvalue weighted by atomic mass is 9.93. The Morgan fingerprint density at radius 1 is 1.19 bits per heavy atom. The molecule has 2 aliphatic rings. The first kappa shape index (κ1) is 21.2. The van der Waals surface area contributed by atoms with Crippen LogP contribution in [0.5, 0.6) is 0 Å². The summed E-state index contributed by atoms with van der Waals surface area (Å²) in [6.45, 7) is 13.8. The van der Waals surface area contributed by atoms with E-state index in [-0.39, 0.29) is 5.54 Å². The molecule has 0 bridgehead atoms. The lowest BCUT2D eigenvalue weighted by molar-refractivity contribution is 0.122. The Bertz CT molecular complexity index is 1120. The summed E-state index contributed by atoms with van der Waals surface area (Å²) in [5.74, 6) is 0.975. The van der Waals surface area contributed by atoms with E-state index >= 15 is 0 Å². The van der Waals surface area contributed by atoms with Crippen molar-refractivity contribution in [2.24, 2.45) is 0 Å². The van der Waals surface area contributed by atoms with Gasteiger partial charge in [-0.2, -0.15) is 0 Å². The molecular weight excluding hydrogens is 400 g/mol. The number of benzene rings is 1. The molecule has 1 saturated heterocycles. The molecule has 32 heavy (non-hydrogen) atoms. The van der Waals surface area contributed by atoms with Gasteiger partial charge in [0.05, 0.1) is 30.3 Å². The summed E-state index contributed by atoms with van der Waals surface area (Å²) in [7, 11) is 0. The van der Waals surface area contributed by atoms with Crippen LogP contribution in [0.4, 0.5) is 11.5 Å². The van der Waals surface area contributed by atoms with Crippen LogP contribution in [0.3, 0.4) is 0 Å². The van der Waals surface area contributed by atoms with Crippen LogP contribution in [0.2, 0.25) is 0 Å². The van der Waals surface area contributed by atoms with Crippen molar-refractivity contribution in [2.45, 2.75) is 52.6 Å². The zero-order valence-corrected chi connectivity index (χ0v) is 19.7. The number of nitrogens with one attached hydrogen (secondary N) is 2. The third-order valence-electron chi connectivity index (χ3n) is 6.31. The van der Waals surface area contributed by atoms with Gasteiger partial charge in [0.15, 0.2) is 11.5 Å². The van der Waals surface area contributed by atoms with Gasteiger partial charge in [0.2, 0.25) is 0 Å². The van der Waals surface area contributed by atoms with Crippen LogP contribution in [0, 0.1) is 6.92 Å². The molecule has 170 valence electrons. The van der Waals surface area contributed by atoms with Crippen LogP contribution >= 0.6 is 0 Å². The number of nitrogens with zero attached hydrogens (tertiary/aromatic N) is 4. The number of aryl methyl sites for hydroxylation is 1. The predicted octanol–water partition coefficient (Wildman–Crippen LogP) is 3.32. The summed E-state index contributed by atoms with van der Waals surface area (Å²) in [6, 6.07) is 8.86. The van der Waals surface area contributed by atoms with Crippen molar-refractivity contribution in [3.63, 3.8) is 0 Å². The van der Waals surface area contributed by atoms with E-state index < -0.39 is 0 Å². The quantitative estimate of drug-likeness (QED) is 0.657. The minimum Gasteiger partial charge on any atom is -0.378 e. The number of rotatable bonds is 4. The Labute approximate surface area is 190 Å². The first-order valence-electron chi connectivity index (χ1n) is 11.7. The Morgan fingerprint density at radius 2 is 2.00 bits per heavy atom. The van der Waals surface area contributed by atoms with Crippen molar-refractivity contribution < 1.29 is 4.74 Å². The molecule has 7 heteroatoms. The van der Waals surface area contributed by atoms with Gasteiger partial charge in [0, 0.05) is 37.7 Å². The van der Waals surface area contributed by atoms with Gasteiger partial charge >= 0.3 is 0 Å². The van der Waals surface area contributed by atoms with E-state index in [1.807, 2.05) is 0 Å². The van der Waals surface area contributed by atoms with E-state index in [2.05, 4.69) is 72.0 Å². The highest BCUT2D eigenvalue weighted by Gasteiger charge is 2.23. The number of hydrogen-bond donors (Lipinski definition) is 2. The summed E-state index contributed by atoms with van der Waals surface area (Å²) >= 11 is 0. The Morgan fingerprint density at radius 3 is 2.78 bits per heavy atom. The minimum atomic E-state index is -0.0751. The van der Waals surface area contributed by atoms with E-state index in [0.717, 1.165) is 80.8 Å². The molecule has 5 rings (SSSR count). The van der Waals surface area contributed by atoms with E-state index in [9.17, 15) is 0 Å². The molecule has 4 heterocycles. The highest BCUT2D eigenvalue weighted by Crippen LogP contribution is 2.29. The SMILES string of the molecule is Cc1nc2c(NC(C)(C)C)cc(N3CCOCC3)nn2c1Cc1cccc2c1CNCC2. The van der Waals surface area contributed by atoms with Crippen molar-refractivity contribution in [2.75, 3.05) is 43.1 Å². The Balaban J connectivity index is 1.61. The average molecular weight is 435 g/mol. The monoisotopic (exact) mass is 434 g/mol. The van der Waals surface area contributed by atoms with Crippen LogP contribution in [-0.2, 0) is 24.1 Å². The highest BCUT2D eigenvalue weighted by molar-refractivity contribution is 5.72. The summed E-state index contributed by atoms with van der Waals surface area (Å²) in [6.07, 6.45) is 1.92. The van der Waals surface area contributed by atoms with Gasteiger partial charge < -0.3 is 20.3 Å². The van der Waals surface area contributed by atoms with Crippen LogP contribution in [0.1, 0.15) is 48.8 Å². The van der Waals surface area contributed by atoms with Crippen molar-refractivity contribution in [3.05, 3.63) is 52.3 Å². The van der Waals surface area contributed by atoms with E-state index in [1.54, 1.807) is 0 Å². The normalized spacial score (nSPS) is 16.9. The maximum Gasteiger partial charge on any atom is 0.177 e. The maximum atomic E-state index is 5.57. The molecule has 0 saturated carbocycles. The van der Waals surface area contributed by atoms with E-state index in [1.165, 1.54) is 16.7 Å². The third-order valence-corrected chi connectivity index (χ3v) is 6.31. The molecule has 2 N–H and O–H groups in total. The molecule has 0 aliphatic carbocycles. The zero-order chi connectivity index (χ0) is 22.3.